The Labute approximate surface area is 185 Å². The predicted molar refractivity (Wildman–Crippen MR) is 125 cm³/mol. The van der Waals surface area contributed by atoms with E-state index in [0.717, 1.165) is 33.5 Å². The van der Waals surface area contributed by atoms with Gasteiger partial charge in [0, 0.05) is 29.1 Å². The van der Waals surface area contributed by atoms with Crippen LogP contribution in [0.5, 0.6) is 0 Å². The molecule has 5 heteroatoms. The number of carbonyl (C=O) groups is 2. The molecule has 1 atom stereocenters. The van der Waals surface area contributed by atoms with Gasteiger partial charge in [-0.1, -0.05) is 72.2 Å². The molecule has 1 unspecified atom stereocenters. The first-order valence-corrected chi connectivity index (χ1v) is 10.9. The first-order chi connectivity index (χ1) is 14.3. The van der Waals surface area contributed by atoms with Crippen molar-refractivity contribution in [1.82, 2.24) is 0 Å². The second-order valence-electron chi connectivity index (χ2n) is 8.71. The van der Waals surface area contributed by atoms with Crippen molar-refractivity contribution in [3.05, 3.63) is 75.9 Å². The Bertz CT molecular complexity index is 1070. The van der Waals surface area contributed by atoms with Gasteiger partial charge < -0.3 is 5.32 Å². The maximum absolute atomic E-state index is 13.4. The first kappa shape index (κ1) is 20.6. The fourth-order valence-corrected chi connectivity index (χ4v) is 5.08. The first-order valence-electron chi connectivity index (χ1n) is 10.1. The molecule has 1 aliphatic carbocycles. The molecule has 0 spiro atoms. The van der Waals surface area contributed by atoms with Gasteiger partial charge in [0.05, 0.1) is 17.4 Å². The molecule has 30 heavy (non-hydrogen) atoms. The number of halogens is 1. The van der Waals surface area contributed by atoms with Crippen LogP contribution in [-0.4, -0.2) is 17.7 Å². The van der Waals surface area contributed by atoms with Crippen molar-refractivity contribution in [2.45, 2.75) is 39.7 Å². The van der Waals surface area contributed by atoms with E-state index in [1.807, 2.05) is 60.7 Å². The number of rotatable bonds is 2. The van der Waals surface area contributed by atoms with Crippen molar-refractivity contribution in [1.29, 1.82) is 0 Å². The van der Waals surface area contributed by atoms with Gasteiger partial charge >= 0.3 is 0 Å². The highest BCUT2D eigenvalue weighted by molar-refractivity contribution is 9.11. The zero-order valence-electron chi connectivity index (χ0n) is 17.4. The molecule has 4 nitrogen and oxygen atoms in total. The summed E-state index contributed by atoms with van der Waals surface area (Å²) in [6, 6.07) is 17.1. The number of Topliss-reactive ketones (excluding diaryl/α,β-unsaturated/α-hetero) is 1. The second-order valence-corrected chi connectivity index (χ2v) is 9.62. The van der Waals surface area contributed by atoms with Gasteiger partial charge in [0.2, 0.25) is 5.91 Å². The quantitative estimate of drug-likeness (QED) is 0.600. The zero-order chi connectivity index (χ0) is 21.5. The van der Waals surface area contributed by atoms with Crippen molar-refractivity contribution in [2.24, 2.45) is 5.41 Å². The molecule has 1 aliphatic heterocycles. The third-order valence-corrected chi connectivity index (χ3v) is 6.27. The minimum atomic E-state index is -0.516. The summed E-state index contributed by atoms with van der Waals surface area (Å²) in [6.45, 7) is 5.77. The molecule has 2 aromatic rings. The van der Waals surface area contributed by atoms with Crippen molar-refractivity contribution >= 4 is 45.1 Å². The number of para-hydroxylation sites is 2. The number of fused-ring (bicyclic) bond motifs is 1. The van der Waals surface area contributed by atoms with Crippen LogP contribution in [0.2, 0.25) is 0 Å². The number of anilines is 2. The summed E-state index contributed by atoms with van der Waals surface area (Å²) < 4.78 is 0.781. The zero-order valence-corrected chi connectivity index (χ0v) is 19.0. The molecule has 2 aliphatic rings. The maximum Gasteiger partial charge on any atom is 0.224 e. The van der Waals surface area contributed by atoms with Gasteiger partial charge in [-0.2, -0.15) is 0 Å². The number of benzene rings is 2. The number of hydrogen-bond acceptors (Lipinski definition) is 3. The van der Waals surface area contributed by atoms with Gasteiger partial charge in [-0.3, -0.25) is 14.5 Å². The smallest absolute Gasteiger partial charge is 0.224 e. The fraction of sp³-hybridized carbons (Fsp3) is 0.280. The number of allylic oxidation sites excluding steroid dienone is 1. The van der Waals surface area contributed by atoms with Crippen LogP contribution in [-0.2, 0) is 9.59 Å². The standard InChI is InChI=1S/C25H25BrN2O2/c1-16(29)28-21-12-8-7-11-19(21)27-20-14-25(2,3)15-22(30)23(20)24(28)18(26)13-17-9-5-4-6-10-17/h4-13,24,27H,14-15H2,1-3H3. The summed E-state index contributed by atoms with van der Waals surface area (Å²) in [7, 11) is 0. The van der Waals surface area contributed by atoms with Gasteiger partial charge in [0.25, 0.3) is 0 Å². The van der Waals surface area contributed by atoms with Crippen LogP contribution in [0.3, 0.4) is 0 Å². The lowest BCUT2D eigenvalue weighted by atomic mass is 9.74. The Morgan fingerprint density at radius 3 is 2.47 bits per heavy atom. The third-order valence-electron chi connectivity index (χ3n) is 5.61. The highest BCUT2D eigenvalue weighted by Gasteiger charge is 2.42. The number of carbonyl (C=O) groups excluding carboxylic acids is 2. The minimum Gasteiger partial charge on any atom is -0.357 e. The number of nitrogens with one attached hydrogen (secondary N) is 1. The van der Waals surface area contributed by atoms with Crippen LogP contribution in [0.1, 0.15) is 39.2 Å². The molecule has 154 valence electrons. The average Bonchev–Trinajstić information content (AvgIpc) is 2.82. The van der Waals surface area contributed by atoms with Gasteiger partial charge in [0.1, 0.15) is 0 Å². The maximum atomic E-state index is 13.4. The average molecular weight is 465 g/mol. The third kappa shape index (κ3) is 3.86. The topological polar surface area (TPSA) is 49.4 Å². The van der Waals surface area contributed by atoms with E-state index < -0.39 is 6.04 Å². The minimum absolute atomic E-state index is 0.0798. The van der Waals surface area contributed by atoms with Crippen LogP contribution in [0.4, 0.5) is 11.4 Å². The number of hydrogen-bond donors (Lipinski definition) is 1. The van der Waals surface area contributed by atoms with Gasteiger partial charge in [-0.15, -0.1) is 0 Å². The molecule has 1 N–H and O–H groups in total. The molecule has 0 radical (unpaired) electrons. The molecule has 0 fully saturated rings. The molecule has 1 heterocycles. The van der Waals surface area contributed by atoms with Crippen LogP contribution < -0.4 is 10.2 Å². The van der Waals surface area contributed by atoms with Gasteiger partial charge in [-0.05, 0) is 35.6 Å². The summed E-state index contributed by atoms with van der Waals surface area (Å²) in [6.07, 6.45) is 3.19. The monoisotopic (exact) mass is 464 g/mol. The van der Waals surface area contributed by atoms with E-state index in [1.54, 1.807) is 11.8 Å². The number of nitrogens with zero attached hydrogens (tertiary/aromatic N) is 1. The fourth-order valence-electron chi connectivity index (χ4n) is 4.38. The summed E-state index contributed by atoms with van der Waals surface area (Å²) in [5.41, 5.74) is 4.05. The molecule has 0 bridgehead atoms. The Morgan fingerprint density at radius 1 is 1.10 bits per heavy atom. The Balaban J connectivity index is 1.95. The van der Waals surface area contributed by atoms with E-state index in [2.05, 4.69) is 35.1 Å². The highest BCUT2D eigenvalue weighted by atomic mass is 79.9. The normalized spacial score (nSPS) is 20.8. The summed E-state index contributed by atoms with van der Waals surface area (Å²) in [5.74, 6) is -0.0322. The van der Waals surface area contributed by atoms with E-state index in [4.69, 9.17) is 0 Å². The lowest BCUT2D eigenvalue weighted by Crippen LogP contribution is -2.44. The van der Waals surface area contributed by atoms with Crippen molar-refractivity contribution in [3.8, 4) is 0 Å². The summed E-state index contributed by atoms with van der Waals surface area (Å²) >= 11 is 3.74. The van der Waals surface area contributed by atoms with Crippen LogP contribution in [0.25, 0.3) is 6.08 Å². The Kier molecular flexibility index (Phi) is 5.41. The molecule has 0 saturated heterocycles. The van der Waals surface area contributed by atoms with Crippen LogP contribution in [0, 0.1) is 5.41 Å². The largest absolute Gasteiger partial charge is 0.357 e. The van der Waals surface area contributed by atoms with Crippen molar-refractivity contribution in [3.63, 3.8) is 0 Å². The van der Waals surface area contributed by atoms with Crippen molar-refractivity contribution < 1.29 is 9.59 Å². The lowest BCUT2D eigenvalue weighted by molar-refractivity contribution is -0.118. The second kappa shape index (κ2) is 7.88. The van der Waals surface area contributed by atoms with Gasteiger partial charge in [-0.25, -0.2) is 0 Å². The van der Waals surface area contributed by atoms with Crippen molar-refractivity contribution in [2.75, 3.05) is 10.2 Å². The van der Waals surface area contributed by atoms with E-state index in [9.17, 15) is 9.59 Å². The highest BCUT2D eigenvalue weighted by Crippen LogP contribution is 2.46. The van der Waals surface area contributed by atoms with Crippen LogP contribution >= 0.6 is 15.9 Å². The molecular formula is C25H25BrN2O2. The lowest BCUT2D eigenvalue weighted by Gasteiger charge is -2.36. The molecule has 0 saturated carbocycles. The van der Waals surface area contributed by atoms with Gasteiger partial charge in [0.15, 0.2) is 5.78 Å². The van der Waals surface area contributed by atoms with E-state index in [0.29, 0.717) is 12.0 Å². The summed E-state index contributed by atoms with van der Waals surface area (Å²) in [5, 5.41) is 3.50. The number of ketones is 1. The van der Waals surface area contributed by atoms with E-state index in [-0.39, 0.29) is 17.1 Å². The SMILES string of the molecule is CC(=O)N1c2ccccc2NC2=C(C(=O)CC(C)(C)C2)C1C(Br)=Cc1ccccc1. The summed E-state index contributed by atoms with van der Waals surface area (Å²) in [4.78, 5) is 28.0. The molecule has 0 aromatic heterocycles. The molecule has 2 aromatic carbocycles. The Hall–Kier alpha value is -2.66. The van der Waals surface area contributed by atoms with E-state index in [1.165, 1.54) is 0 Å². The molecular weight excluding hydrogens is 440 g/mol. The van der Waals surface area contributed by atoms with E-state index >= 15 is 0 Å². The molecule has 1 amide bonds. The Morgan fingerprint density at radius 2 is 1.77 bits per heavy atom. The predicted octanol–water partition coefficient (Wildman–Crippen LogP) is 5.91. The van der Waals surface area contributed by atoms with Crippen LogP contribution in [0.15, 0.2) is 70.3 Å². The molecule has 4 rings (SSSR count). The number of amides is 1.